The Kier molecular flexibility index (Phi) is 8.01. The quantitative estimate of drug-likeness (QED) is 0.211. The van der Waals surface area contributed by atoms with Crippen molar-refractivity contribution < 1.29 is 24.7 Å². The number of nitrogen functional groups attached to an aromatic ring is 1. The van der Waals surface area contributed by atoms with Crippen LogP contribution in [0.25, 0.3) is 0 Å². The molecule has 0 heterocycles. The molecule has 0 fully saturated rings. The number of aliphatic carboxylic acids is 1. The zero-order valence-electron chi connectivity index (χ0n) is 15.8. The molecule has 0 saturated heterocycles. The van der Waals surface area contributed by atoms with Crippen LogP contribution >= 0.6 is 0 Å². The molecule has 152 valence electrons. The van der Waals surface area contributed by atoms with Gasteiger partial charge >= 0.3 is 5.97 Å². The Morgan fingerprint density at radius 1 is 0.933 bits per heavy atom. The number of anilines is 1. The van der Waals surface area contributed by atoms with Gasteiger partial charge in [-0.15, -0.1) is 0 Å². The van der Waals surface area contributed by atoms with Crippen LogP contribution in [0.3, 0.4) is 0 Å². The van der Waals surface area contributed by atoms with Crippen molar-refractivity contribution in [3.63, 3.8) is 0 Å². The van der Waals surface area contributed by atoms with Crippen molar-refractivity contribution in [2.75, 3.05) is 5.73 Å². The average Bonchev–Trinajstić information content (AvgIpc) is 2.75. The van der Waals surface area contributed by atoms with Gasteiger partial charge in [0.2, 0.25) is 0 Å². The number of hydrogen-bond acceptors (Lipinski definition) is 5. The van der Waals surface area contributed by atoms with Crippen LogP contribution in [0.15, 0.2) is 48.5 Å². The van der Waals surface area contributed by atoms with Crippen molar-refractivity contribution in [1.29, 1.82) is 0 Å². The van der Waals surface area contributed by atoms with Crippen LogP contribution in [0.5, 0.6) is 0 Å². The van der Waals surface area contributed by atoms with E-state index in [0.29, 0.717) is 11.3 Å². The number of rotatable bonds is 6. The highest BCUT2D eigenvalue weighted by Crippen LogP contribution is 2.06. The number of nitrogens with two attached hydrogens (primary N) is 1. The van der Waals surface area contributed by atoms with Crippen molar-refractivity contribution in [3.05, 3.63) is 65.2 Å². The van der Waals surface area contributed by atoms with E-state index in [0.717, 1.165) is 5.56 Å². The first-order valence-corrected chi connectivity index (χ1v) is 8.83. The SMILES string of the molecule is Nc1ccc(C#CC#Cc2ccc(C(=O)N[C@@H](CCC(=O)O)C(=O)NO)cc2)cc1. The first kappa shape index (κ1) is 22.0. The fourth-order valence-corrected chi connectivity index (χ4v) is 2.33. The minimum Gasteiger partial charge on any atom is -0.481 e. The molecule has 0 spiro atoms. The number of amides is 2. The van der Waals surface area contributed by atoms with Crippen LogP contribution in [0.1, 0.15) is 34.3 Å². The van der Waals surface area contributed by atoms with E-state index in [1.165, 1.54) is 17.6 Å². The Morgan fingerprint density at radius 3 is 1.97 bits per heavy atom. The number of carbonyl (C=O) groups excluding carboxylic acids is 2. The molecule has 2 rings (SSSR count). The summed E-state index contributed by atoms with van der Waals surface area (Å²) in [7, 11) is 0. The summed E-state index contributed by atoms with van der Waals surface area (Å²) in [6.07, 6.45) is -0.506. The lowest BCUT2D eigenvalue weighted by atomic mass is 10.1. The van der Waals surface area contributed by atoms with Crippen LogP contribution in [-0.2, 0) is 9.59 Å². The molecule has 0 saturated carbocycles. The molecule has 0 aliphatic rings. The Morgan fingerprint density at radius 2 is 1.47 bits per heavy atom. The van der Waals surface area contributed by atoms with Crippen LogP contribution in [0, 0.1) is 23.7 Å². The summed E-state index contributed by atoms with van der Waals surface area (Å²) in [5.41, 5.74) is 9.34. The summed E-state index contributed by atoms with van der Waals surface area (Å²) in [5, 5.41) is 19.9. The van der Waals surface area contributed by atoms with E-state index in [4.69, 9.17) is 16.0 Å². The number of carboxylic acids is 1. The summed E-state index contributed by atoms with van der Waals surface area (Å²) in [6.45, 7) is 0. The molecule has 30 heavy (non-hydrogen) atoms. The van der Waals surface area contributed by atoms with Gasteiger partial charge in [-0.2, -0.15) is 0 Å². The fourth-order valence-electron chi connectivity index (χ4n) is 2.33. The highest BCUT2D eigenvalue weighted by Gasteiger charge is 2.21. The minimum absolute atomic E-state index is 0.163. The van der Waals surface area contributed by atoms with Gasteiger partial charge < -0.3 is 16.2 Å². The van der Waals surface area contributed by atoms with Crippen molar-refractivity contribution >= 4 is 23.5 Å². The van der Waals surface area contributed by atoms with Gasteiger partial charge in [-0.1, -0.05) is 11.8 Å². The Labute approximate surface area is 173 Å². The van der Waals surface area contributed by atoms with E-state index in [1.54, 1.807) is 36.4 Å². The molecule has 8 heteroatoms. The molecule has 0 aliphatic carbocycles. The number of nitrogens with one attached hydrogen (secondary N) is 2. The third-order valence-electron chi connectivity index (χ3n) is 3.91. The normalized spacial score (nSPS) is 10.4. The zero-order valence-corrected chi connectivity index (χ0v) is 15.8. The molecule has 0 aromatic heterocycles. The number of hydrogen-bond donors (Lipinski definition) is 5. The van der Waals surface area contributed by atoms with Crippen LogP contribution in [0.2, 0.25) is 0 Å². The van der Waals surface area contributed by atoms with E-state index >= 15 is 0 Å². The van der Waals surface area contributed by atoms with Gasteiger partial charge in [0.25, 0.3) is 11.8 Å². The van der Waals surface area contributed by atoms with Crippen molar-refractivity contribution in [1.82, 2.24) is 10.8 Å². The summed E-state index contributed by atoms with van der Waals surface area (Å²) in [6, 6.07) is 12.2. The molecule has 2 amide bonds. The summed E-state index contributed by atoms with van der Waals surface area (Å²) in [4.78, 5) is 34.6. The molecule has 0 bridgehead atoms. The molecule has 0 aliphatic heterocycles. The molecule has 6 N–H and O–H groups in total. The Hall–Kier alpha value is -4.27. The minimum atomic E-state index is -1.18. The van der Waals surface area contributed by atoms with Crippen LogP contribution in [0.4, 0.5) is 5.69 Å². The van der Waals surface area contributed by atoms with E-state index < -0.39 is 23.8 Å². The van der Waals surface area contributed by atoms with Gasteiger partial charge in [0.1, 0.15) is 6.04 Å². The highest BCUT2D eigenvalue weighted by molar-refractivity contribution is 5.97. The Bertz CT molecular complexity index is 1040. The van der Waals surface area contributed by atoms with Gasteiger partial charge in [0, 0.05) is 28.8 Å². The molecule has 8 nitrogen and oxygen atoms in total. The Balaban J connectivity index is 2.01. The lowest BCUT2D eigenvalue weighted by Crippen LogP contribution is -2.46. The second-order valence-corrected chi connectivity index (χ2v) is 6.13. The number of carboxylic acid groups (broad SMARTS) is 1. The predicted molar refractivity (Wildman–Crippen MR) is 109 cm³/mol. The third kappa shape index (κ3) is 7.04. The average molecular weight is 405 g/mol. The lowest BCUT2D eigenvalue weighted by molar-refractivity contribution is -0.137. The maximum Gasteiger partial charge on any atom is 0.303 e. The van der Waals surface area contributed by atoms with Crippen LogP contribution < -0.4 is 16.5 Å². The highest BCUT2D eigenvalue weighted by atomic mass is 16.5. The predicted octanol–water partition coefficient (Wildman–Crippen LogP) is 1.14. The second kappa shape index (κ2) is 10.9. The second-order valence-electron chi connectivity index (χ2n) is 6.13. The topological polar surface area (TPSA) is 142 Å². The number of hydroxylamine groups is 1. The third-order valence-corrected chi connectivity index (χ3v) is 3.91. The molecular weight excluding hydrogens is 386 g/mol. The van der Waals surface area contributed by atoms with E-state index in [2.05, 4.69) is 29.0 Å². The molecule has 0 unspecified atom stereocenters. The molecule has 0 radical (unpaired) electrons. The van der Waals surface area contributed by atoms with E-state index in [9.17, 15) is 14.4 Å². The smallest absolute Gasteiger partial charge is 0.303 e. The lowest BCUT2D eigenvalue weighted by Gasteiger charge is -2.15. The molecule has 1 atom stereocenters. The standard InChI is InChI=1S/C22H19N3O5/c23-18-11-7-16(8-12-18)4-2-1-3-15-5-9-17(10-6-15)21(28)24-19(22(29)25-30)13-14-20(26)27/h5-12,19,30H,13-14,23H2,(H,24,28)(H,25,29)(H,26,27)/t19-/m0/s1. The van der Waals surface area contributed by atoms with Gasteiger partial charge in [-0.3, -0.25) is 19.6 Å². The maximum atomic E-state index is 12.3. The van der Waals surface area contributed by atoms with Crippen molar-refractivity contribution in [2.24, 2.45) is 0 Å². The van der Waals surface area contributed by atoms with Crippen LogP contribution in [-0.4, -0.2) is 34.1 Å². The molecule has 2 aromatic carbocycles. The monoisotopic (exact) mass is 405 g/mol. The maximum absolute atomic E-state index is 12.3. The van der Waals surface area contributed by atoms with Gasteiger partial charge in [0.15, 0.2) is 0 Å². The van der Waals surface area contributed by atoms with Gasteiger partial charge in [-0.25, -0.2) is 5.48 Å². The first-order chi connectivity index (χ1) is 14.4. The summed E-state index contributed by atoms with van der Waals surface area (Å²) >= 11 is 0. The number of benzene rings is 2. The summed E-state index contributed by atoms with van der Waals surface area (Å²) in [5.74, 6) is 8.58. The van der Waals surface area contributed by atoms with E-state index in [1.807, 2.05) is 0 Å². The summed E-state index contributed by atoms with van der Waals surface area (Å²) < 4.78 is 0. The first-order valence-electron chi connectivity index (χ1n) is 8.83. The van der Waals surface area contributed by atoms with Gasteiger partial charge in [0.05, 0.1) is 0 Å². The molecular formula is C22H19N3O5. The molecule has 2 aromatic rings. The van der Waals surface area contributed by atoms with E-state index in [-0.39, 0.29) is 18.4 Å². The van der Waals surface area contributed by atoms with Crippen molar-refractivity contribution in [2.45, 2.75) is 18.9 Å². The largest absolute Gasteiger partial charge is 0.481 e. The fraction of sp³-hybridized carbons (Fsp3) is 0.136. The number of carbonyl (C=O) groups is 3. The zero-order chi connectivity index (χ0) is 21.9. The van der Waals surface area contributed by atoms with Crippen molar-refractivity contribution in [3.8, 4) is 23.7 Å². The van der Waals surface area contributed by atoms with Gasteiger partial charge in [-0.05, 0) is 66.8 Å².